The zero-order valence-electron chi connectivity index (χ0n) is 11.1. The molecule has 3 heterocycles. The minimum atomic E-state index is 0.427. The summed E-state index contributed by atoms with van der Waals surface area (Å²) in [6.45, 7) is 1.92. The Hall–Kier alpha value is -1.88. The van der Waals surface area contributed by atoms with Crippen LogP contribution in [0, 0.1) is 0 Å². The van der Waals surface area contributed by atoms with Gasteiger partial charge in [0.05, 0.1) is 23.9 Å². The number of fused-ring (bicyclic) bond motifs is 1. The SMILES string of the molecule is ClCc1nc2cnccc2n1CCCCn1ccnc1. The van der Waals surface area contributed by atoms with Gasteiger partial charge in [0.2, 0.25) is 0 Å². The smallest absolute Gasteiger partial charge is 0.124 e. The van der Waals surface area contributed by atoms with Crippen molar-refractivity contribution in [3.8, 4) is 0 Å². The van der Waals surface area contributed by atoms with E-state index in [0.717, 1.165) is 42.8 Å². The lowest BCUT2D eigenvalue weighted by atomic mass is 10.3. The van der Waals surface area contributed by atoms with E-state index in [1.165, 1.54) is 0 Å². The minimum absolute atomic E-state index is 0.427. The molecule has 3 aromatic rings. The van der Waals surface area contributed by atoms with Crippen LogP contribution >= 0.6 is 11.6 Å². The van der Waals surface area contributed by atoms with E-state index < -0.39 is 0 Å². The second-order valence-electron chi connectivity index (χ2n) is 4.69. The molecule has 0 radical (unpaired) electrons. The Kier molecular flexibility index (Phi) is 3.97. The van der Waals surface area contributed by atoms with E-state index in [0.29, 0.717) is 5.88 Å². The second-order valence-corrected chi connectivity index (χ2v) is 4.95. The third-order valence-corrected chi connectivity index (χ3v) is 3.60. The number of hydrogen-bond donors (Lipinski definition) is 0. The molecule has 5 nitrogen and oxygen atoms in total. The van der Waals surface area contributed by atoms with Crippen molar-refractivity contribution in [2.24, 2.45) is 0 Å². The summed E-state index contributed by atoms with van der Waals surface area (Å²) in [5.74, 6) is 1.34. The number of halogens is 1. The molecule has 0 fully saturated rings. The van der Waals surface area contributed by atoms with Crippen LogP contribution < -0.4 is 0 Å². The van der Waals surface area contributed by atoms with Gasteiger partial charge in [-0.1, -0.05) is 0 Å². The summed E-state index contributed by atoms with van der Waals surface area (Å²) in [6.07, 6.45) is 11.4. The number of imidazole rings is 2. The average molecular weight is 290 g/mol. The molecule has 0 amide bonds. The van der Waals surface area contributed by atoms with Crippen LogP contribution in [0.1, 0.15) is 18.7 Å². The highest BCUT2D eigenvalue weighted by Gasteiger charge is 2.09. The monoisotopic (exact) mass is 289 g/mol. The Bertz CT molecular complexity index is 674. The third kappa shape index (κ3) is 2.67. The fraction of sp³-hybridized carbons (Fsp3) is 0.357. The standard InChI is InChI=1S/C14H16ClN5/c15-9-14-18-12-10-16-4-3-13(12)20(14)7-2-1-6-19-8-5-17-11-19/h3-5,8,10-11H,1-2,6-7,9H2. The van der Waals surface area contributed by atoms with Crippen LogP contribution in [-0.2, 0) is 19.0 Å². The van der Waals surface area contributed by atoms with Gasteiger partial charge in [0.25, 0.3) is 0 Å². The number of pyridine rings is 1. The fourth-order valence-corrected chi connectivity index (χ4v) is 2.57. The van der Waals surface area contributed by atoms with Gasteiger partial charge in [0.15, 0.2) is 0 Å². The van der Waals surface area contributed by atoms with Crippen molar-refractivity contribution < 1.29 is 0 Å². The summed E-state index contributed by atoms with van der Waals surface area (Å²) in [5, 5.41) is 0. The molecule has 0 unspecified atom stereocenters. The molecule has 0 aliphatic heterocycles. The summed E-state index contributed by atoms with van der Waals surface area (Å²) in [7, 11) is 0. The number of aryl methyl sites for hydroxylation is 2. The first-order chi connectivity index (χ1) is 9.88. The summed E-state index contributed by atoms with van der Waals surface area (Å²) in [6, 6.07) is 1.99. The van der Waals surface area contributed by atoms with Crippen molar-refractivity contribution in [1.82, 2.24) is 24.1 Å². The summed E-state index contributed by atoms with van der Waals surface area (Å²) >= 11 is 5.98. The van der Waals surface area contributed by atoms with Crippen molar-refractivity contribution in [2.45, 2.75) is 31.8 Å². The van der Waals surface area contributed by atoms with Gasteiger partial charge in [0.1, 0.15) is 11.3 Å². The molecule has 0 saturated heterocycles. The Morgan fingerprint density at radius 2 is 2.00 bits per heavy atom. The molecule has 0 N–H and O–H groups in total. The molecule has 3 rings (SSSR count). The first-order valence-electron chi connectivity index (χ1n) is 6.69. The molecule has 20 heavy (non-hydrogen) atoms. The minimum Gasteiger partial charge on any atom is -0.337 e. The van der Waals surface area contributed by atoms with Gasteiger partial charge < -0.3 is 9.13 Å². The van der Waals surface area contributed by atoms with Gasteiger partial charge in [-0.05, 0) is 18.9 Å². The molecule has 0 aliphatic rings. The van der Waals surface area contributed by atoms with Crippen LogP contribution in [0.4, 0.5) is 0 Å². The zero-order valence-corrected chi connectivity index (χ0v) is 11.9. The van der Waals surface area contributed by atoms with E-state index >= 15 is 0 Å². The first kappa shape index (κ1) is 13.1. The number of aromatic nitrogens is 5. The first-order valence-corrected chi connectivity index (χ1v) is 7.23. The number of unbranched alkanes of at least 4 members (excludes halogenated alkanes) is 1. The summed E-state index contributed by atoms with van der Waals surface area (Å²) in [5.41, 5.74) is 2.02. The molecule has 6 heteroatoms. The van der Waals surface area contributed by atoms with E-state index in [-0.39, 0.29) is 0 Å². The maximum Gasteiger partial charge on any atom is 0.124 e. The quantitative estimate of drug-likeness (QED) is 0.518. The maximum atomic E-state index is 5.98. The molecule has 104 valence electrons. The highest BCUT2D eigenvalue weighted by Crippen LogP contribution is 2.17. The molecular formula is C14H16ClN5. The highest BCUT2D eigenvalue weighted by molar-refractivity contribution is 6.16. The van der Waals surface area contributed by atoms with Gasteiger partial charge in [-0.2, -0.15) is 0 Å². The Balaban J connectivity index is 1.67. The lowest BCUT2D eigenvalue weighted by molar-refractivity contribution is 0.552. The second kappa shape index (κ2) is 6.05. The van der Waals surface area contributed by atoms with Crippen LogP contribution in [0.2, 0.25) is 0 Å². The van der Waals surface area contributed by atoms with Crippen molar-refractivity contribution >= 4 is 22.6 Å². The van der Waals surface area contributed by atoms with Crippen molar-refractivity contribution in [1.29, 1.82) is 0 Å². The Morgan fingerprint density at radius 1 is 1.10 bits per heavy atom. The largest absolute Gasteiger partial charge is 0.337 e. The maximum absolute atomic E-state index is 5.98. The van der Waals surface area contributed by atoms with E-state index in [1.54, 1.807) is 12.4 Å². The van der Waals surface area contributed by atoms with Crippen LogP contribution in [0.25, 0.3) is 11.0 Å². The molecule has 0 aromatic carbocycles. The highest BCUT2D eigenvalue weighted by atomic mass is 35.5. The predicted molar refractivity (Wildman–Crippen MR) is 78.5 cm³/mol. The van der Waals surface area contributed by atoms with E-state index in [9.17, 15) is 0 Å². The molecule has 0 saturated carbocycles. The summed E-state index contributed by atoms with van der Waals surface area (Å²) in [4.78, 5) is 12.7. The Labute approximate surface area is 122 Å². The predicted octanol–water partition coefficient (Wildman–Crippen LogP) is 2.85. The zero-order chi connectivity index (χ0) is 13.8. The number of rotatable bonds is 6. The molecule has 0 spiro atoms. The summed E-state index contributed by atoms with van der Waals surface area (Å²) < 4.78 is 4.29. The van der Waals surface area contributed by atoms with Gasteiger partial charge in [-0.3, -0.25) is 4.98 Å². The molecule has 0 atom stereocenters. The lowest BCUT2D eigenvalue weighted by Crippen LogP contribution is -2.04. The Morgan fingerprint density at radius 3 is 2.80 bits per heavy atom. The molecule has 3 aromatic heterocycles. The number of hydrogen-bond acceptors (Lipinski definition) is 3. The van der Waals surface area contributed by atoms with Gasteiger partial charge in [0, 0.05) is 31.7 Å². The average Bonchev–Trinajstić information content (AvgIpc) is 3.11. The molecular weight excluding hydrogens is 274 g/mol. The van der Waals surface area contributed by atoms with Gasteiger partial charge >= 0.3 is 0 Å². The van der Waals surface area contributed by atoms with Crippen LogP contribution in [0.5, 0.6) is 0 Å². The van der Waals surface area contributed by atoms with Crippen LogP contribution in [-0.4, -0.2) is 24.1 Å². The van der Waals surface area contributed by atoms with E-state index in [1.807, 2.05) is 24.8 Å². The van der Waals surface area contributed by atoms with Gasteiger partial charge in [-0.25, -0.2) is 9.97 Å². The van der Waals surface area contributed by atoms with E-state index in [4.69, 9.17) is 11.6 Å². The van der Waals surface area contributed by atoms with Crippen molar-refractivity contribution in [3.63, 3.8) is 0 Å². The topological polar surface area (TPSA) is 48.5 Å². The fourth-order valence-electron chi connectivity index (χ4n) is 2.37. The lowest BCUT2D eigenvalue weighted by Gasteiger charge is -2.08. The van der Waals surface area contributed by atoms with Gasteiger partial charge in [-0.15, -0.1) is 11.6 Å². The van der Waals surface area contributed by atoms with E-state index in [2.05, 4.69) is 24.1 Å². The number of nitrogens with zero attached hydrogens (tertiary/aromatic N) is 5. The third-order valence-electron chi connectivity index (χ3n) is 3.36. The van der Waals surface area contributed by atoms with Crippen molar-refractivity contribution in [2.75, 3.05) is 0 Å². The van der Waals surface area contributed by atoms with Crippen molar-refractivity contribution in [3.05, 3.63) is 43.0 Å². The normalized spacial score (nSPS) is 11.2. The molecule has 0 bridgehead atoms. The molecule has 0 aliphatic carbocycles. The van der Waals surface area contributed by atoms with Crippen LogP contribution in [0.15, 0.2) is 37.2 Å². The van der Waals surface area contributed by atoms with Crippen LogP contribution in [0.3, 0.4) is 0 Å². The number of alkyl halides is 1.